The lowest BCUT2D eigenvalue weighted by Crippen LogP contribution is -2.19. The molecule has 0 saturated carbocycles. The fourth-order valence-electron chi connectivity index (χ4n) is 3.37. The third-order valence-corrected chi connectivity index (χ3v) is 6.43. The summed E-state index contributed by atoms with van der Waals surface area (Å²) in [6.45, 7) is 0.846. The molecule has 0 amide bonds. The molecule has 1 aromatic carbocycles. The first kappa shape index (κ1) is 18.6. The highest BCUT2D eigenvalue weighted by atomic mass is 35.5. The van der Waals surface area contributed by atoms with Crippen molar-refractivity contribution in [3.8, 4) is 17.1 Å². The Kier molecular flexibility index (Phi) is 5.57. The zero-order valence-electron chi connectivity index (χ0n) is 14.6. The molecule has 27 heavy (non-hydrogen) atoms. The molecule has 0 saturated heterocycles. The Balaban J connectivity index is 1.89. The lowest BCUT2D eigenvalue weighted by Gasteiger charge is -2.17. The van der Waals surface area contributed by atoms with Crippen molar-refractivity contribution < 1.29 is 0 Å². The first-order chi connectivity index (χ1) is 13.2. The van der Waals surface area contributed by atoms with E-state index in [4.69, 9.17) is 28.2 Å². The van der Waals surface area contributed by atoms with Crippen LogP contribution in [-0.2, 0) is 13.0 Å². The third kappa shape index (κ3) is 3.66. The van der Waals surface area contributed by atoms with E-state index in [9.17, 15) is 4.79 Å². The molecule has 0 spiro atoms. The van der Waals surface area contributed by atoms with Crippen molar-refractivity contribution in [2.45, 2.75) is 37.4 Å². The molecule has 0 aromatic heterocycles. The molecular weight excluding hydrogens is 403 g/mol. The van der Waals surface area contributed by atoms with Crippen LogP contribution < -0.4 is 5.56 Å². The molecule has 3 aliphatic heterocycles. The van der Waals surface area contributed by atoms with Crippen LogP contribution >= 0.6 is 35.0 Å². The van der Waals surface area contributed by atoms with Crippen molar-refractivity contribution in [2.75, 3.05) is 5.75 Å². The maximum absolute atomic E-state index is 13.1. The molecule has 0 radical (unpaired) electrons. The summed E-state index contributed by atoms with van der Waals surface area (Å²) in [5.74, 6) is 1.03. The first-order valence-corrected chi connectivity index (χ1v) is 10.6. The average molecular weight is 421 g/mol. The van der Waals surface area contributed by atoms with Gasteiger partial charge in [-0.3, -0.25) is 4.79 Å². The van der Waals surface area contributed by atoms with Crippen LogP contribution in [0.5, 0.6) is 0 Å². The van der Waals surface area contributed by atoms with Crippen LogP contribution in [0.2, 0.25) is 0 Å². The summed E-state index contributed by atoms with van der Waals surface area (Å²) in [6.07, 6.45) is 4.11. The van der Waals surface area contributed by atoms with Gasteiger partial charge < -0.3 is 4.57 Å². The van der Waals surface area contributed by atoms with Gasteiger partial charge in [0.2, 0.25) is 0 Å². The number of hydrogen-bond donors (Lipinski definition) is 0. The minimum Gasteiger partial charge on any atom is -0.324 e. The quantitative estimate of drug-likeness (QED) is 0.454. The lowest BCUT2D eigenvalue weighted by atomic mass is 10.1. The molecule has 3 aliphatic rings. The van der Waals surface area contributed by atoms with Gasteiger partial charge in [0.15, 0.2) is 11.0 Å². The van der Waals surface area contributed by atoms with E-state index < -0.39 is 0 Å². The van der Waals surface area contributed by atoms with Crippen molar-refractivity contribution in [3.05, 3.63) is 56.9 Å². The summed E-state index contributed by atoms with van der Waals surface area (Å²) in [4.78, 5) is 17.8. The molecule has 4 rings (SSSR count). The largest absolute Gasteiger partial charge is 0.324 e. The van der Waals surface area contributed by atoms with Gasteiger partial charge in [0.1, 0.15) is 5.56 Å². The molecule has 0 atom stereocenters. The summed E-state index contributed by atoms with van der Waals surface area (Å²) >= 11 is 13.3. The highest BCUT2D eigenvalue weighted by Gasteiger charge is 2.27. The number of rotatable bonds is 4. The van der Waals surface area contributed by atoms with Crippen LogP contribution in [0.4, 0.5) is 0 Å². The van der Waals surface area contributed by atoms with Gasteiger partial charge in [0.05, 0.1) is 5.69 Å². The first-order valence-electron chi connectivity index (χ1n) is 8.84. The van der Waals surface area contributed by atoms with Crippen molar-refractivity contribution >= 4 is 35.0 Å². The number of thioether (sulfide) groups is 1. The van der Waals surface area contributed by atoms with Crippen LogP contribution in [0.1, 0.15) is 25.0 Å². The van der Waals surface area contributed by atoms with Crippen LogP contribution in [0.25, 0.3) is 17.1 Å². The molecule has 0 unspecified atom stereocenters. The molecule has 8 heteroatoms. The summed E-state index contributed by atoms with van der Waals surface area (Å²) in [7, 11) is 0. The smallest absolute Gasteiger partial charge is 0.284 e. The molecule has 140 valence electrons. The highest BCUT2D eigenvalue weighted by molar-refractivity contribution is 7.99. The molecular formula is C19H18Cl2N4OS. The number of nitrogens with zero attached hydrogens (tertiary/aromatic N) is 4. The molecule has 1 aromatic rings. The Bertz CT molecular complexity index is 1010. The summed E-state index contributed by atoms with van der Waals surface area (Å²) in [5, 5.41) is 5.91. The number of para-hydroxylation sites is 1. The van der Waals surface area contributed by atoms with Crippen molar-refractivity contribution in [1.82, 2.24) is 19.3 Å². The van der Waals surface area contributed by atoms with Gasteiger partial charge in [0.25, 0.3) is 5.56 Å². The highest BCUT2D eigenvalue weighted by Crippen LogP contribution is 2.31. The Morgan fingerprint density at radius 3 is 2.81 bits per heavy atom. The van der Waals surface area contributed by atoms with Gasteiger partial charge in [-0.1, -0.05) is 59.6 Å². The maximum atomic E-state index is 13.1. The van der Waals surface area contributed by atoms with Gasteiger partial charge in [-0.05, 0) is 31.4 Å². The number of benzene rings is 1. The minimum atomic E-state index is -0.107. The standard InChI is InChI=1S/C19H18Cl2N4OS/c20-11-13(21)12-27-19-22-17-16(15-9-5-2-6-10-24(15)19)18(26)25(23-17)14-7-3-1-4-8-14/h1,3-4,7-8,11H,2,5-6,9-10,12H2. The number of hydrogen-bond acceptors (Lipinski definition) is 4. The van der Waals surface area contributed by atoms with Gasteiger partial charge in [-0.25, -0.2) is 4.98 Å². The van der Waals surface area contributed by atoms with E-state index in [2.05, 4.69) is 9.67 Å². The summed E-state index contributed by atoms with van der Waals surface area (Å²) < 4.78 is 3.61. The monoisotopic (exact) mass is 420 g/mol. The average Bonchev–Trinajstić information content (AvgIpc) is 2.87. The van der Waals surface area contributed by atoms with Gasteiger partial charge in [-0.2, -0.15) is 4.68 Å². The lowest BCUT2D eigenvalue weighted by molar-refractivity contribution is 0.571. The van der Waals surface area contributed by atoms with E-state index in [1.807, 2.05) is 30.3 Å². The second-order valence-electron chi connectivity index (χ2n) is 6.40. The summed E-state index contributed by atoms with van der Waals surface area (Å²) in [6, 6.07) is 9.46. The van der Waals surface area contributed by atoms with Crippen LogP contribution in [-0.4, -0.2) is 25.1 Å². The topological polar surface area (TPSA) is 52.7 Å². The number of halogens is 2. The van der Waals surface area contributed by atoms with E-state index in [-0.39, 0.29) is 5.56 Å². The van der Waals surface area contributed by atoms with E-state index >= 15 is 0 Å². The predicted octanol–water partition coefficient (Wildman–Crippen LogP) is 4.67. The zero-order chi connectivity index (χ0) is 18.8. The molecule has 5 nitrogen and oxygen atoms in total. The van der Waals surface area contributed by atoms with Crippen LogP contribution in [0, 0.1) is 0 Å². The van der Waals surface area contributed by atoms with Crippen molar-refractivity contribution in [1.29, 1.82) is 0 Å². The van der Waals surface area contributed by atoms with Crippen molar-refractivity contribution in [3.63, 3.8) is 0 Å². The number of fused-ring (bicyclic) bond motifs is 3. The number of aromatic nitrogens is 4. The Labute approximate surface area is 171 Å². The second-order valence-corrected chi connectivity index (χ2v) is 8.05. The SMILES string of the molecule is O=c1c2c3n(c(SCC(Cl)=CCl)nc-2nn1-c1ccccc1)CCCCC3. The molecule has 3 heterocycles. The fourth-order valence-corrected chi connectivity index (χ4v) is 4.56. The van der Waals surface area contributed by atoms with E-state index in [0.29, 0.717) is 22.2 Å². The Morgan fingerprint density at radius 1 is 1.22 bits per heavy atom. The molecule has 0 aliphatic carbocycles. The van der Waals surface area contributed by atoms with E-state index in [1.54, 1.807) is 0 Å². The normalized spacial score (nSPS) is 15.0. The Morgan fingerprint density at radius 2 is 2.04 bits per heavy atom. The predicted molar refractivity (Wildman–Crippen MR) is 110 cm³/mol. The zero-order valence-corrected chi connectivity index (χ0v) is 16.9. The van der Waals surface area contributed by atoms with E-state index in [0.717, 1.165) is 48.8 Å². The van der Waals surface area contributed by atoms with Crippen LogP contribution in [0.3, 0.4) is 0 Å². The van der Waals surface area contributed by atoms with E-state index in [1.165, 1.54) is 22.0 Å². The minimum absolute atomic E-state index is 0.107. The van der Waals surface area contributed by atoms with Gasteiger partial charge >= 0.3 is 0 Å². The second kappa shape index (κ2) is 8.09. The Hall–Kier alpha value is -1.76. The molecule has 0 N–H and O–H groups in total. The molecule has 0 fully saturated rings. The third-order valence-electron chi connectivity index (χ3n) is 4.63. The fraction of sp³-hybridized carbons (Fsp3) is 0.316. The molecule has 0 bridgehead atoms. The maximum Gasteiger partial charge on any atom is 0.284 e. The van der Waals surface area contributed by atoms with Gasteiger partial charge in [-0.15, -0.1) is 5.10 Å². The van der Waals surface area contributed by atoms with Crippen molar-refractivity contribution in [2.24, 2.45) is 0 Å². The van der Waals surface area contributed by atoms with Gasteiger partial charge in [0, 0.05) is 28.6 Å². The van der Waals surface area contributed by atoms with Crippen LogP contribution in [0.15, 0.2) is 50.9 Å². The summed E-state index contributed by atoms with van der Waals surface area (Å²) in [5.41, 5.74) is 3.66.